The smallest absolute Gasteiger partial charge is 0.247 e. The van der Waals surface area contributed by atoms with Crippen molar-refractivity contribution in [1.82, 2.24) is 36.8 Å². The Morgan fingerprint density at radius 2 is 1.65 bits per heavy atom. The van der Waals surface area contributed by atoms with Crippen LogP contribution in [0.1, 0.15) is 57.2 Å². The van der Waals surface area contributed by atoms with Crippen LogP contribution in [-0.2, 0) is 35.2 Å². The summed E-state index contributed by atoms with van der Waals surface area (Å²) >= 11 is 0. The molecule has 1 aliphatic heterocycles. The molecule has 0 saturated heterocycles. The molecule has 16 heteroatoms. The Kier molecular flexibility index (Phi) is 15.4. The summed E-state index contributed by atoms with van der Waals surface area (Å²) in [6.45, 7) is 3.83. The summed E-state index contributed by atoms with van der Waals surface area (Å²) in [7, 11) is 2.98. The maximum absolute atomic E-state index is 13.7. The SMILES string of the molecule is CCCCC(NC)C(=O)NCC(=O)NCC(=O)N(C)C1C(=O)NCC(=O)NC(C(=O)NC(CO)C(C)C)Cc2ccc(O)c(c2)-c2cc1ccc2O. The molecule has 4 bridgehead atoms. The molecule has 0 spiro atoms. The molecule has 4 atom stereocenters. The molecule has 1 heterocycles. The van der Waals surface area contributed by atoms with Gasteiger partial charge in [-0.25, -0.2) is 0 Å². The number of aliphatic hydroxyl groups excluding tert-OH is 1. The molecule has 4 unspecified atom stereocenters. The number of nitrogens with one attached hydrogen (secondary N) is 6. The minimum Gasteiger partial charge on any atom is -0.507 e. The topological polar surface area (TPSA) is 239 Å². The number of aliphatic hydroxyl groups is 1. The number of phenolic OH excluding ortho intramolecular Hbond substituents is 2. The third kappa shape index (κ3) is 11.1. The molecular formula is C36H51N7O9. The summed E-state index contributed by atoms with van der Waals surface area (Å²) in [6.07, 6.45) is 2.29. The van der Waals surface area contributed by atoms with E-state index >= 15 is 0 Å². The van der Waals surface area contributed by atoms with Gasteiger partial charge in [-0.1, -0.05) is 45.7 Å². The zero-order chi connectivity index (χ0) is 38.5. The third-order valence-corrected chi connectivity index (χ3v) is 8.93. The van der Waals surface area contributed by atoms with Crippen LogP contribution in [0, 0.1) is 5.92 Å². The zero-order valence-electron chi connectivity index (χ0n) is 30.2. The highest BCUT2D eigenvalue weighted by atomic mass is 16.3. The Morgan fingerprint density at radius 1 is 0.981 bits per heavy atom. The molecule has 0 saturated carbocycles. The van der Waals surface area contributed by atoms with Crippen molar-refractivity contribution in [2.75, 3.05) is 40.3 Å². The first kappa shape index (κ1) is 41.2. The Balaban J connectivity index is 1.89. The molecule has 0 radical (unpaired) electrons. The highest BCUT2D eigenvalue weighted by Crippen LogP contribution is 2.38. The summed E-state index contributed by atoms with van der Waals surface area (Å²) in [6, 6.07) is 5.03. The van der Waals surface area contributed by atoms with Crippen molar-refractivity contribution in [1.29, 1.82) is 0 Å². The van der Waals surface area contributed by atoms with Gasteiger partial charge in [0.2, 0.25) is 35.4 Å². The molecule has 16 nitrogen and oxygen atoms in total. The van der Waals surface area contributed by atoms with Crippen molar-refractivity contribution < 1.29 is 44.1 Å². The molecule has 0 aromatic heterocycles. The summed E-state index contributed by atoms with van der Waals surface area (Å²) in [5, 5.41) is 47.2. The van der Waals surface area contributed by atoms with Crippen LogP contribution in [0.5, 0.6) is 11.5 Å². The average molecular weight is 726 g/mol. The summed E-state index contributed by atoms with van der Waals surface area (Å²) in [5.41, 5.74) is 1.02. The Morgan fingerprint density at radius 3 is 2.29 bits per heavy atom. The van der Waals surface area contributed by atoms with Gasteiger partial charge < -0.3 is 52.1 Å². The summed E-state index contributed by atoms with van der Waals surface area (Å²) < 4.78 is 0. The third-order valence-electron chi connectivity index (χ3n) is 8.93. The van der Waals surface area contributed by atoms with Gasteiger partial charge in [0.25, 0.3) is 0 Å². The van der Waals surface area contributed by atoms with E-state index in [0.717, 1.165) is 17.7 Å². The van der Waals surface area contributed by atoms with Gasteiger partial charge in [0.1, 0.15) is 23.6 Å². The zero-order valence-corrected chi connectivity index (χ0v) is 30.2. The lowest BCUT2D eigenvalue weighted by Crippen LogP contribution is -2.54. The fourth-order valence-electron chi connectivity index (χ4n) is 5.69. The first-order valence-electron chi connectivity index (χ1n) is 17.3. The number of likely N-dealkylation sites (N-methyl/N-ethyl adjacent to an activating group) is 2. The fourth-order valence-corrected chi connectivity index (χ4v) is 5.69. The molecule has 1 aliphatic rings. The minimum atomic E-state index is -1.38. The molecular weight excluding hydrogens is 674 g/mol. The number of rotatable bonds is 14. The van der Waals surface area contributed by atoms with E-state index < -0.39 is 66.8 Å². The quantitative estimate of drug-likeness (QED) is 0.122. The van der Waals surface area contributed by atoms with Gasteiger partial charge >= 0.3 is 0 Å². The van der Waals surface area contributed by atoms with E-state index in [2.05, 4.69) is 31.9 Å². The van der Waals surface area contributed by atoms with E-state index in [1.807, 2.05) is 20.8 Å². The number of hydrogen-bond acceptors (Lipinski definition) is 10. The maximum atomic E-state index is 13.7. The van der Waals surface area contributed by atoms with Crippen LogP contribution in [0.15, 0.2) is 36.4 Å². The number of nitrogens with zero attached hydrogens (tertiary/aromatic N) is 1. The van der Waals surface area contributed by atoms with Crippen molar-refractivity contribution in [3.8, 4) is 22.6 Å². The van der Waals surface area contributed by atoms with E-state index in [-0.39, 0.29) is 59.6 Å². The number of carbonyl (C=O) groups is 6. The molecule has 0 fully saturated rings. The monoisotopic (exact) mass is 725 g/mol. The number of hydrogen-bond donors (Lipinski definition) is 9. The van der Waals surface area contributed by atoms with Crippen molar-refractivity contribution in [3.63, 3.8) is 0 Å². The maximum Gasteiger partial charge on any atom is 0.247 e. The first-order chi connectivity index (χ1) is 24.7. The van der Waals surface area contributed by atoms with Crippen LogP contribution in [-0.4, -0.2) is 114 Å². The van der Waals surface area contributed by atoms with Crippen molar-refractivity contribution in [2.45, 2.75) is 70.6 Å². The van der Waals surface area contributed by atoms with Crippen molar-refractivity contribution >= 4 is 35.4 Å². The fraction of sp³-hybridized carbons (Fsp3) is 0.500. The second-order valence-electron chi connectivity index (χ2n) is 13.1. The van der Waals surface area contributed by atoms with Crippen LogP contribution < -0.4 is 31.9 Å². The average Bonchev–Trinajstić information content (AvgIpc) is 3.11. The Bertz CT molecular complexity index is 1620. The van der Waals surface area contributed by atoms with Crippen molar-refractivity contribution in [3.05, 3.63) is 47.5 Å². The van der Waals surface area contributed by atoms with Gasteiger partial charge in [-0.3, -0.25) is 28.8 Å². The van der Waals surface area contributed by atoms with Gasteiger partial charge in [0.05, 0.1) is 38.3 Å². The molecule has 9 N–H and O–H groups in total. The van der Waals surface area contributed by atoms with Gasteiger partial charge in [0, 0.05) is 24.6 Å². The second-order valence-corrected chi connectivity index (χ2v) is 13.1. The number of benzene rings is 2. The highest BCUT2D eigenvalue weighted by Gasteiger charge is 2.32. The lowest BCUT2D eigenvalue weighted by molar-refractivity contribution is -0.140. The molecule has 0 aliphatic carbocycles. The normalized spacial score (nSPS) is 17.1. The van der Waals surface area contributed by atoms with Gasteiger partial charge in [-0.05, 0) is 54.8 Å². The standard InChI is InChI=1S/C36H51N7O9/c1-6-7-8-25(37-4)34(50)39-16-30(47)38-18-32(49)43(5)33-22-10-12-29(46)24(15-22)23-13-21(9-11-28(23)45)14-26(41-31(48)17-40-36(33)52)35(51)42-27(19-44)20(2)3/h9-13,15,20,25-27,33,37,44-46H,6-8,14,16-19H2,1-5H3,(H,38,47)(H,39,50)(H,40,52)(H,41,48)(H,42,51). The first-order valence-corrected chi connectivity index (χ1v) is 17.3. The van der Waals surface area contributed by atoms with E-state index in [0.29, 0.717) is 12.0 Å². The predicted octanol–water partition coefficient (Wildman–Crippen LogP) is -0.435. The number of aromatic hydroxyl groups is 2. The highest BCUT2D eigenvalue weighted by molar-refractivity contribution is 5.95. The number of phenols is 2. The summed E-state index contributed by atoms with van der Waals surface area (Å²) in [4.78, 5) is 79.6. The number of unbranched alkanes of at least 4 members (excludes halogenated alkanes) is 1. The Hall–Kier alpha value is -5.22. The number of carbonyl (C=O) groups excluding carboxylic acids is 6. The molecule has 284 valence electrons. The van der Waals surface area contributed by atoms with E-state index in [9.17, 15) is 44.1 Å². The van der Waals surface area contributed by atoms with E-state index in [4.69, 9.17) is 0 Å². The van der Waals surface area contributed by atoms with Crippen LogP contribution in [0.2, 0.25) is 0 Å². The van der Waals surface area contributed by atoms with Crippen LogP contribution in [0.3, 0.4) is 0 Å². The largest absolute Gasteiger partial charge is 0.507 e. The van der Waals surface area contributed by atoms with Gasteiger partial charge in [-0.15, -0.1) is 0 Å². The number of amides is 6. The number of fused-ring (bicyclic) bond motifs is 5. The van der Waals surface area contributed by atoms with Crippen molar-refractivity contribution in [2.24, 2.45) is 5.92 Å². The Labute approximate surface area is 303 Å². The molecule has 6 amide bonds. The lowest BCUT2D eigenvalue weighted by atomic mass is 9.94. The molecule has 2 aromatic rings. The van der Waals surface area contributed by atoms with Gasteiger partial charge in [-0.2, -0.15) is 0 Å². The van der Waals surface area contributed by atoms with Gasteiger partial charge in [0.15, 0.2) is 0 Å². The van der Waals surface area contributed by atoms with Crippen LogP contribution >= 0.6 is 0 Å². The second kappa shape index (κ2) is 19.4. The minimum absolute atomic E-state index is 0.0281. The van der Waals surface area contributed by atoms with Crippen LogP contribution in [0.25, 0.3) is 11.1 Å². The molecule has 52 heavy (non-hydrogen) atoms. The van der Waals surface area contributed by atoms with E-state index in [1.54, 1.807) is 19.2 Å². The predicted molar refractivity (Wildman–Crippen MR) is 192 cm³/mol. The molecule has 3 rings (SSSR count). The van der Waals surface area contributed by atoms with E-state index in [1.165, 1.54) is 31.3 Å². The summed E-state index contributed by atoms with van der Waals surface area (Å²) in [5.74, 6) is -4.34. The van der Waals surface area contributed by atoms with Crippen LogP contribution in [0.4, 0.5) is 0 Å². The molecule has 2 aromatic carbocycles. The lowest BCUT2D eigenvalue weighted by Gasteiger charge is -2.29.